The fourth-order valence-corrected chi connectivity index (χ4v) is 2.53. The van der Waals surface area contributed by atoms with Gasteiger partial charge in [-0.3, -0.25) is 0 Å². The Hall–Kier alpha value is -2.05. The highest BCUT2D eigenvalue weighted by atomic mass is 35.5. The molecule has 0 saturated carbocycles. The number of aryl methyl sites for hydroxylation is 1. The van der Waals surface area contributed by atoms with Crippen molar-refractivity contribution in [1.82, 2.24) is 19.7 Å². The monoisotopic (exact) mass is 337 g/mol. The molecule has 2 aromatic heterocycles. The Morgan fingerprint density at radius 2 is 1.95 bits per heavy atom. The average Bonchev–Trinajstić information content (AvgIpc) is 3.08. The molecule has 3 rings (SSSR count). The van der Waals surface area contributed by atoms with Crippen LogP contribution >= 0.6 is 23.2 Å². The summed E-state index contributed by atoms with van der Waals surface area (Å²) in [7, 11) is 3.79. The van der Waals surface area contributed by atoms with Crippen LogP contribution in [0.2, 0.25) is 10.0 Å². The van der Waals surface area contributed by atoms with Crippen molar-refractivity contribution in [3.05, 3.63) is 46.5 Å². The van der Waals surface area contributed by atoms with E-state index in [1.54, 1.807) is 24.4 Å². The Balaban J connectivity index is 1.82. The average molecular weight is 338 g/mol. The van der Waals surface area contributed by atoms with Crippen molar-refractivity contribution in [3.63, 3.8) is 0 Å². The Morgan fingerprint density at radius 3 is 2.59 bits per heavy atom. The number of benzene rings is 1. The molecule has 22 heavy (non-hydrogen) atoms. The third kappa shape index (κ3) is 3.08. The smallest absolute Gasteiger partial charge is 0.324 e. The van der Waals surface area contributed by atoms with E-state index in [1.165, 1.54) is 0 Å². The van der Waals surface area contributed by atoms with E-state index in [-0.39, 0.29) is 0 Å². The largest absolute Gasteiger partial charge is 0.337 e. The lowest BCUT2D eigenvalue weighted by atomic mass is 10.2. The quantitative estimate of drug-likeness (QED) is 0.730. The highest BCUT2D eigenvalue weighted by Crippen LogP contribution is 2.26. The lowest BCUT2D eigenvalue weighted by Gasteiger charge is -2.12. The van der Waals surface area contributed by atoms with E-state index in [4.69, 9.17) is 27.7 Å². The first-order valence-electron chi connectivity index (χ1n) is 6.50. The van der Waals surface area contributed by atoms with Gasteiger partial charge in [0.25, 0.3) is 0 Å². The first-order valence-corrected chi connectivity index (χ1v) is 7.26. The van der Waals surface area contributed by atoms with Gasteiger partial charge >= 0.3 is 6.01 Å². The van der Waals surface area contributed by atoms with Gasteiger partial charge in [0.05, 0.1) is 6.54 Å². The van der Waals surface area contributed by atoms with Crippen LogP contribution in [0.15, 0.2) is 35.1 Å². The van der Waals surface area contributed by atoms with E-state index >= 15 is 0 Å². The Bertz CT molecular complexity index is 778. The predicted molar refractivity (Wildman–Crippen MR) is 85.1 cm³/mol. The number of hydrogen-bond acceptors (Lipinski definition) is 5. The zero-order valence-corrected chi connectivity index (χ0v) is 13.5. The van der Waals surface area contributed by atoms with Crippen molar-refractivity contribution in [2.75, 3.05) is 11.9 Å². The van der Waals surface area contributed by atoms with Gasteiger partial charge in [-0.1, -0.05) is 28.4 Å². The number of hydrogen-bond donors (Lipinski definition) is 0. The third-order valence-electron chi connectivity index (χ3n) is 3.16. The van der Waals surface area contributed by atoms with Gasteiger partial charge < -0.3 is 14.0 Å². The zero-order valence-electron chi connectivity index (χ0n) is 12.0. The van der Waals surface area contributed by atoms with Gasteiger partial charge in [-0.2, -0.15) is 4.98 Å². The van der Waals surface area contributed by atoms with E-state index in [0.29, 0.717) is 34.0 Å². The normalized spacial score (nSPS) is 10.9. The number of nitrogens with zero attached hydrogens (tertiary/aromatic N) is 5. The lowest BCUT2D eigenvalue weighted by Crippen LogP contribution is -2.19. The molecule has 0 bridgehead atoms. The molecule has 0 aliphatic carbocycles. The Morgan fingerprint density at radius 1 is 1.23 bits per heavy atom. The van der Waals surface area contributed by atoms with Crippen LogP contribution in [0.25, 0.3) is 11.4 Å². The fourth-order valence-electron chi connectivity index (χ4n) is 2.00. The summed E-state index contributed by atoms with van der Waals surface area (Å²) in [4.78, 5) is 10.5. The second kappa shape index (κ2) is 5.98. The molecule has 0 unspecified atom stereocenters. The maximum atomic E-state index is 5.99. The third-order valence-corrected chi connectivity index (χ3v) is 3.60. The number of imidazole rings is 1. The van der Waals surface area contributed by atoms with Crippen LogP contribution in [0, 0.1) is 0 Å². The molecule has 0 amide bonds. The SMILES string of the molecule is CN(Cc1nccn1C)c1nc(-c2cc(Cl)cc(Cl)c2)no1. The summed E-state index contributed by atoms with van der Waals surface area (Å²) in [6, 6.07) is 5.52. The van der Waals surface area contributed by atoms with E-state index in [2.05, 4.69) is 15.1 Å². The van der Waals surface area contributed by atoms with Gasteiger partial charge in [0.1, 0.15) is 5.82 Å². The predicted octanol–water partition coefficient (Wildman–Crippen LogP) is 3.41. The Kier molecular flexibility index (Phi) is 4.04. The van der Waals surface area contributed by atoms with Crippen LogP contribution in [0.4, 0.5) is 6.01 Å². The van der Waals surface area contributed by atoms with Crippen LogP contribution in [0.3, 0.4) is 0 Å². The molecule has 0 aliphatic rings. The maximum absolute atomic E-state index is 5.99. The van der Waals surface area contributed by atoms with E-state index in [0.717, 1.165) is 5.82 Å². The number of halogens is 2. The topological polar surface area (TPSA) is 60.0 Å². The van der Waals surface area contributed by atoms with Crippen molar-refractivity contribution in [2.24, 2.45) is 7.05 Å². The van der Waals surface area contributed by atoms with Gasteiger partial charge in [0.2, 0.25) is 5.82 Å². The molecule has 0 saturated heterocycles. The van der Waals surface area contributed by atoms with Crippen LogP contribution in [-0.2, 0) is 13.6 Å². The first kappa shape index (κ1) is 14.9. The first-order chi connectivity index (χ1) is 10.5. The van der Waals surface area contributed by atoms with Crippen LogP contribution in [-0.4, -0.2) is 26.7 Å². The molecule has 0 radical (unpaired) electrons. The van der Waals surface area contributed by atoms with Gasteiger partial charge in [-0.05, 0) is 18.2 Å². The number of rotatable bonds is 4. The molecule has 8 heteroatoms. The lowest BCUT2D eigenvalue weighted by molar-refractivity contribution is 0.417. The van der Waals surface area contributed by atoms with Crippen molar-refractivity contribution < 1.29 is 4.52 Å². The molecule has 0 aliphatic heterocycles. The summed E-state index contributed by atoms with van der Waals surface area (Å²) in [6.07, 6.45) is 3.63. The molecule has 114 valence electrons. The Labute approximate surface area is 137 Å². The molecule has 2 heterocycles. The summed E-state index contributed by atoms with van der Waals surface area (Å²) >= 11 is 12.0. The highest BCUT2D eigenvalue weighted by Gasteiger charge is 2.15. The number of anilines is 1. The van der Waals surface area contributed by atoms with Gasteiger partial charge in [-0.15, -0.1) is 0 Å². The molecule has 3 aromatic rings. The van der Waals surface area contributed by atoms with E-state index in [1.807, 2.05) is 29.8 Å². The van der Waals surface area contributed by atoms with Crippen molar-refractivity contribution in [3.8, 4) is 11.4 Å². The minimum absolute atomic E-state index is 0.397. The van der Waals surface area contributed by atoms with E-state index < -0.39 is 0 Å². The summed E-state index contributed by atoms with van der Waals surface area (Å²) in [5.74, 6) is 1.33. The van der Waals surface area contributed by atoms with Crippen molar-refractivity contribution in [1.29, 1.82) is 0 Å². The second-order valence-electron chi connectivity index (χ2n) is 4.87. The zero-order chi connectivity index (χ0) is 15.7. The fraction of sp³-hybridized carbons (Fsp3) is 0.214. The molecule has 0 fully saturated rings. The summed E-state index contributed by atoms with van der Waals surface area (Å²) < 4.78 is 7.23. The standard InChI is InChI=1S/C14H13Cl2N5O/c1-20-4-3-17-12(20)8-21(2)14-18-13(19-22-14)9-5-10(15)7-11(16)6-9/h3-7H,8H2,1-2H3. The minimum atomic E-state index is 0.397. The maximum Gasteiger partial charge on any atom is 0.324 e. The second-order valence-corrected chi connectivity index (χ2v) is 5.74. The molecule has 0 N–H and O–H groups in total. The molecule has 1 aromatic carbocycles. The minimum Gasteiger partial charge on any atom is -0.337 e. The molecular weight excluding hydrogens is 325 g/mol. The van der Waals surface area contributed by atoms with Crippen LogP contribution in [0.1, 0.15) is 5.82 Å². The van der Waals surface area contributed by atoms with Gasteiger partial charge in [0, 0.05) is 42.1 Å². The summed E-state index contributed by atoms with van der Waals surface area (Å²) in [5, 5.41) is 5.02. The molecular formula is C14H13Cl2N5O. The van der Waals surface area contributed by atoms with Crippen molar-refractivity contribution in [2.45, 2.75) is 6.54 Å². The number of aromatic nitrogens is 4. The van der Waals surface area contributed by atoms with Crippen LogP contribution < -0.4 is 4.90 Å². The van der Waals surface area contributed by atoms with E-state index in [9.17, 15) is 0 Å². The summed E-state index contributed by atoms with van der Waals surface area (Å²) in [6.45, 7) is 0.557. The summed E-state index contributed by atoms with van der Waals surface area (Å²) in [5.41, 5.74) is 0.706. The molecule has 0 atom stereocenters. The highest BCUT2D eigenvalue weighted by molar-refractivity contribution is 6.35. The van der Waals surface area contributed by atoms with Crippen molar-refractivity contribution >= 4 is 29.2 Å². The van der Waals surface area contributed by atoms with Gasteiger partial charge in [-0.25, -0.2) is 4.98 Å². The molecule has 0 spiro atoms. The van der Waals surface area contributed by atoms with Gasteiger partial charge in [0.15, 0.2) is 0 Å². The molecule has 6 nitrogen and oxygen atoms in total. The van der Waals surface area contributed by atoms with Crippen LogP contribution in [0.5, 0.6) is 0 Å².